The number of carbonyl (C=O) groups excluding carboxylic acids is 2. The van der Waals surface area contributed by atoms with Crippen molar-refractivity contribution < 1.29 is 33.4 Å². The monoisotopic (exact) mass is 704 g/mol. The Labute approximate surface area is 222 Å². The second-order valence-electron chi connectivity index (χ2n) is 7.34. The molecule has 0 saturated carbocycles. The van der Waals surface area contributed by atoms with Crippen LogP contribution in [0.15, 0.2) is 12.3 Å². The molecule has 1 aromatic heterocycles. The van der Waals surface area contributed by atoms with Gasteiger partial charge in [0.05, 0.1) is 16.9 Å². The van der Waals surface area contributed by atoms with Crippen molar-refractivity contribution in [1.82, 2.24) is 19.7 Å². The Kier molecular flexibility index (Phi) is 25.8. The number of nitrogens with one attached hydrogen (secondary N) is 2. The summed E-state index contributed by atoms with van der Waals surface area (Å²) < 4.78 is 1.71. The maximum atomic E-state index is 12.2. The number of anilines is 1. The van der Waals surface area contributed by atoms with E-state index in [1.54, 1.807) is 42.7 Å². The number of nitrogens with two attached hydrogens (primary N) is 3. The van der Waals surface area contributed by atoms with E-state index in [1.165, 1.54) is 0 Å². The molecule has 16 heteroatoms. The first-order valence-corrected chi connectivity index (χ1v) is 13.4. The molecule has 0 radical (unpaired) electrons. The molecular weight excluding hydrogens is 665 g/mol. The molecule has 0 bridgehead atoms. The predicted molar refractivity (Wildman–Crippen MR) is 135 cm³/mol. The van der Waals surface area contributed by atoms with E-state index in [-0.39, 0.29) is 18.0 Å². The zero-order valence-electron chi connectivity index (χ0n) is 20.9. The zero-order valence-corrected chi connectivity index (χ0v) is 24.0. The van der Waals surface area contributed by atoms with Gasteiger partial charge in [0.25, 0.3) is 5.91 Å². The normalized spacial score (nSPS) is 10.7. The fourth-order valence-electron chi connectivity index (χ4n) is 2.32. The van der Waals surface area contributed by atoms with Crippen molar-refractivity contribution in [3.05, 3.63) is 33.3 Å². The van der Waals surface area contributed by atoms with Crippen LogP contribution in [0, 0.1) is 15.3 Å². The number of aromatic nitrogens is 1. The van der Waals surface area contributed by atoms with Crippen molar-refractivity contribution in [2.24, 2.45) is 24.2 Å². The number of amides is 2. The maximum absolute atomic E-state index is 12.2. The summed E-state index contributed by atoms with van der Waals surface area (Å²) >= 11 is 1.61. The van der Waals surface area contributed by atoms with E-state index < -0.39 is 5.09 Å². The van der Waals surface area contributed by atoms with E-state index in [4.69, 9.17) is 32.5 Å². The van der Waals surface area contributed by atoms with Crippen LogP contribution in [0.1, 0.15) is 30.3 Å². The molecule has 1 heterocycles. The summed E-state index contributed by atoms with van der Waals surface area (Å²) in [7, 11) is 12.2. The van der Waals surface area contributed by atoms with Gasteiger partial charge in [0, 0.05) is 52.4 Å². The van der Waals surface area contributed by atoms with Crippen LogP contribution in [0.25, 0.3) is 0 Å². The van der Waals surface area contributed by atoms with Crippen LogP contribution in [0.4, 0.5) is 5.69 Å². The quantitative estimate of drug-likeness (QED) is 0.114. The molecule has 2 amide bonds. The van der Waals surface area contributed by atoms with Gasteiger partial charge >= 0.3 is 28.2 Å². The van der Waals surface area contributed by atoms with Crippen LogP contribution in [-0.4, -0.2) is 91.3 Å². The first-order valence-electron chi connectivity index (χ1n) is 10.6. The Hall–Kier alpha value is -1.80. The van der Waals surface area contributed by atoms with Crippen molar-refractivity contribution in [1.29, 1.82) is 0 Å². The third-order valence-electron chi connectivity index (χ3n) is 4.21. The Morgan fingerprint density at radius 1 is 1.20 bits per heavy atom. The molecule has 0 aromatic carbocycles. The summed E-state index contributed by atoms with van der Waals surface area (Å²) in [6.07, 6.45) is 2.88. The van der Waals surface area contributed by atoms with E-state index in [0.717, 1.165) is 13.0 Å². The van der Waals surface area contributed by atoms with Gasteiger partial charge in [-0.05, 0) is 33.6 Å². The van der Waals surface area contributed by atoms with E-state index in [2.05, 4.69) is 20.1 Å². The second kappa shape index (κ2) is 23.9. The molecule has 35 heavy (non-hydrogen) atoms. The summed E-state index contributed by atoms with van der Waals surface area (Å²) in [5, 5.41) is 20.4. The van der Waals surface area contributed by atoms with Crippen LogP contribution < -0.4 is 27.8 Å². The number of halogens is 1. The average molecular weight is 705 g/mol. The number of aryl methyl sites for hydroxylation is 1. The standard InChI is InChI=1S/C17H32N6O2.C2H8N2.ClH.NO3.Pt/c1-6-15(18)22(4)9-7-16(24)20-13-11-14(23(5)12-13)17(25)19-8-10-21(2)3;3-1-2-4;;2-1(3)4;/h11-12,15H,6-10,18H2,1-5H3,(H,19,25)(H,20,24);1-4H2;1H;;/q;;;-1;+2/p-1. The average Bonchev–Trinajstić information content (AvgIpc) is 3.17. The Bertz CT molecular complexity index is 704. The van der Waals surface area contributed by atoms with Gasteiger partial charge in [-0.1, -0.05) is 6.92 Å². The van der Waals surface area contributed by atoms with Crippen molar-refractivity contribution in [3.63, 3.8) is 0 Å². The van der Waals surface area contributed by atoms with Crippen LogP contribution in [-0.2, 0) is 30.6 Å². The Morgan fingerprint density at radius 2 is 1.71 bits per heavy atom. The van der Waals surface area contributed by atoms with E-state index >= 15 is 0 Å². The summed E-state index contributed by atoms with van der Waals surface area (Å²) in [4.78, 5) is 36.5. The molecule has 14 nitrogen and oxygen atoms in total. The zero-order chi connectivity index (χ0) is 28.0. The molecule has 1 atom stereocenters. The van der Waals surface area contributed by atoms with E-state index in [1.807, 2.05) is 37.9 Å². The van der Waals surface area contributed by atoms with Gasteiger partial charge in [0.2, 0.25) is 5.91 Å². The first-order chi connectivity index (χ1) is 16.4. The minimum absolute atomic E-state index is 0.0398. The number of hydrogen-bond donors (Lipinski definition) is 5. The molecule has 1 rings (SSSR count). The van der Waals surface area contributed by atoms with Crippen LogP contribution in [0.2, 0.25) is 0 Å². The van der Waals surface area contributed by atoms with Crippen LogP contribution in [0.3, 0.4) is 0 Å². The number of nitrogens with zero attached hydrogens (tertiary/aromatic N) is 4. The number of rotatable bonds is 11. The fourth-order valence-corrected chi connectivity index (χ4v) is 2.32. The molecule has 0 spiro atoms. The van der Waals surface area contributed by atoms with Crippen molar-refractivity contribution >= 4 is 26.9 Å². The first kappa shape index (κ1) is 37.7. The molecule has 0 fully saturated rings. The number of carbonyl (C=O) groups is 2. The molecule has 0 aliphatic carbocycles. The van der Waals surface area contributed by atoms with E-state index in [9.17, 15) is 9.59 Å². The van der Waals surface area contributed by atoms with Gasteiger partial charge in [0.1, 0.15) is 5.69 Å². The number of hydrogen-bond acceptors (Lipinski definition) is 10. The second-order valence-corrected chi connectivity index (χ2v) is 7.34. The van der Waals surface area contributed by atoms with Gasteiger partial charge in [-0.2, -0.15) is 0 Å². The minimum atomic E-state index is -1.75. The van der Waals surface area contributed by atoms with Gasteiger partial charge in [-0.25, -0.2) is 0 Å². The van der Waals surface area contributed by atoms with Gasteiger partial charge in [0.15, 0.2) is 0 Å². The van der Waals surface area contributed by atoms with Gasteiger partial charge < -0.3 is 52.6 Å². The van der Waals surface area contributed by atoms with E-state index in [0.29, 0.717) is 44.0 Å². The van der Waals surface area contributed by atoms with Crippen LogP contribution >= 0.6 is 9.42 Å². The molecular formula is C19H40ClN9O5Pt. The summed E-state index contributed by atoms with van der Waals surface area (Å²) in [5.41, 5.74) is 16.9. The molecule has 1 aromatic rings. The topological polar surface area (TPSA) is 214 Å². The van der Waals surface area contributed by atoms with Crippen molar-refractivity contribution in [2.75, 3.05) is 59.2 Å². The summed E-state index contributed by atoms with van der Waals surface area (Å²) in [6, 6.07) is 1.68. The van der Waals surface area contributed by atoms with Gasteiger partial charge in [-0.3, -0.25) is 14.5 Å². The SMILES string of the molecule is CCC(N)N(C)CCC(=O)Nc1cc(C(=O)NCCN(C)C)n(C)c1.NCCN.O=[N+]([O-])[O-].[Cl][Pt+]. The molecule has 8 N–H and O–H groups in total. The molecule has 0 aliphatic rings. The summed E-state index contributed by atoms with van der Waals surface area (Å²) in [5.74, 6) is -0.251. The molecule has 1 unspecified atom stereocenters. The molecule has 0 aliphatic heterocycles. The third kappa shape index (κ3) is 22.4. The molecule has 208 valence electrons. The molecule has 0 saturated heterocycles. The van der Waals surface area contributed by atoms with Crippen LogP contribution in [0.5, 0.6) is 0 Å². The van der Waals surface area contributed by atoms with Crippen molar-refractivity contribution in [2.45, 2.75) is 25.9 Å². The third-order valence-corrected chi connectivity index (χ3v) is 4.21. The van der Waals surface area contributed by atoms with Crippen molar-refractivity contribution in [3.8, 4) is 0 Å². The number of likely N-dealkylation sites (N-methyl/N-ethyl adjacent to an activating group) is 1. The summed E-state index contributed by atoms with van der Waals surface area (Å²) in [6.45, 7) is 5.14. The predicted octanol–water partition coefficient (Wildman–Crippen LogP) is -0.377. The Morgan fingerprint density at radius 3 is 2.14 bits per heavy atom. The van der Waals surface area contributed by atoms with Gasteiger partial charge in [-0.15, -0.1) is 0 Å². The Balaban J connectivity index is -0.000000872. The fraction of sp³-hybridized carbons (Fsp3) is 0.684.